The Morgan fingerprint density at radius 3 is 2.05 bits per heavy atom. The van der Waals surface area contributed by atoms with E-state index >= 15 is 0 Å². The van der Waals surface area contributed by atoms with E-state index in [1.54, 1.807) is 0 Å². The molecule has 1 heterocycles. The molecule has 110 valence electrons. The third-order valence-corrected chi connectivity index (χ3v) is 3.04. The van der Waals surface area contributed by atoms with Crippen molar-refractivity contribution in [2.75, 3.05) is 6.61 Å². The van der Waals surface area contributed by atoms with Crippen LogP contribution >= 0.6 is 0 Å². The van der Waals surface area contributed by atoms with Crippen LogP contribution in [0, 0.1) is 5.92 Å². The van der Waals surface area contributed by atoms with Crippen LogP contribution in [0.1, 0.15) is 6.42 Å². The molecule has 0 aromatic carbocycles. The Labute approximate surface area is 107 Å². The summed E-state index contributed by atoms with van der Waals surface area (Å²) in [5.41, 5.74) is 0. The molecule has 1 rings (SSSR count). The summed E-state index contributed by atoms with van der Waals surface area (Å²) in [4.78, 5) is 21.6. The minimum absolute atomic E-state index is 0.707. The van der Waals surface area contributed by atoms with Crippen molar-refractivity contribution in [2.24, 2.45) is 5.92 Å². The fraction of sp³-hybridized carbons (Fsp3) is 0.800. The van der Waals surface area contributed by atoms with Gasteiger partial charge in [0, 0.05) is 0 Å². The second-order valence-corrected chi connectivity index (χ2v) is 4.34. The van der Waals surface area contributed by atoms with Crippen molar-refractivity contribution < 1.29 is 45.0 Å². The van der Waals surface area contributed by atoms with Gasteiger partial charge in [-0.05, 0) is 0 Å². The molecule has 9 nitrogen and oxygen atoms in total. The average Bonchev–Trinajstić information content (AvgIpc) is 2.34. The summed E-state index contributed by atoms with van der Waals surface area (Å²) in [5, 5.41) is 55.2. The topological polar surface area (TPSA) is 165 Å². The molecule has 1 aliphatic heterocycles. The van der Waals surface area contributed by atoms with E-state index in [1.807, 2.05) is 0 Å². The van der Waals surface area contributed by atoms with Gasteiger partial charge in [0.25, 0.3) is 0 Å². The third-order valence-electron chi connectivity index (χ3n) is 3.04. The van der Waals surface area contributed by atoms with E-state index in [1.165, 1.54) is 0 Å². The molecule has 9 heteroatoms. The van der Waals surface area contributed by atoms with Crippen molar-refractivity contribution in [2.45, 2.75) is 36.9 Å². The summed E-state index contributed by atoms with van der Waals surface area (Å²) in [5.74, 6) is -4.54. The van der Waals surface area contributed by atoms with Gasteiger partial charge >= 0.3 is 11.9 Å². The van der Waals surface area contributed by atoms with Gasteiger partial charge in [0.05, 0.1) is 18.9 Å². The van der Waals surface area contributed by atoms with Crippen LogP contribution in [0.15, 0.2) is 0 Å². The van der Waals surface area contributed by atoms with E-state index in [-0.39, 0.29) is 0 Å². The summed E-state index contributed by atoms with van der Waals surface area (Å²) >= 11 is 0. The minimum atomic E-state index is -1.77. The van der Waals surface area contributed by atoms with E-state index in [2.05, 4.69) is 0 Å². The van der Waals surface area contributed by atoms with Gasteiger partial charge in [0.2, 0.25) is 0 Å². The Hall–Kier alpha value is -1.26. The molecule has 1 unspecified atom stereocenters. The van der Waals surface area contributed by atoms with Gasteiger partial charge in [-0.15, -0.1) is 0 Å². The monoisotopic (exact) mass is 280 g/mol. The molecule has 19 heavy (non-hydrogen) atoms. The zero-order valence-electron chi connectivity index (χ0n) is 9.79. The molecule has 0 saturated carbocycles. The lowest BCUT2D eigenvalue weighted by Crippen LogP contribution is -2.61. The lowest BCUT2D eigenvalue weighted by atomic mass is 9.86. The third kappa shape index (κ3) is 3.39. The fourth-order valence-electron chi connectivity index (χ4n) is 2.00. The van der Waals surface area contributed by atoms with Crippen molar-refractivity contribution in [1.82, 2.24) is 0 Å². The zero-order chi connectivity index (χ0) is 14.7. The van der Waals surface area contributed by atoms with Crippen LogP contribution in [0.2, 0.25) is 0 Å². The molecule has 0 aliphatic carbocycles. The van der Waals surface area contributed by atoms with Gasteiger partial charge in [-0.1, -0.05) is 0 Å². The van der Waals surface area contributed by atoms with Crippen LogP contribution < -0.4 is 0 Å². The molecule has 0 radical (unpaired) electrons. The maximum absolute atomic E-state index is 11.0. The number of ether oxygens (including phenoxy) is 1. The molecular formula is C10H16O9. The highest BCUT2D eigenvalue weighted by Crippen LogP contribution is 2.27. The number of hydrogen-bond donors (Lipinski definition) is 6. The molecule has 6 N–H and O–H groups in total. The number of carboxylic acids is 2. The van der Waals surface area contributed by atoms with Crippen molar-refractivity contribution in [1.29, 1.82) is 0 Å². The normalized spacial score (nSPS) is 36.7. The van der Waals surface area contributed by atoms with Crippen molar-refractivity contribution >= 4 is 11.9 Å². The highest BCUT2D eigenvalue weighted by molar-refractivity contribution is 5.78. The van der Waals surface area contributed by atoms with Gasteiger partial charge in [-0.3, -0.25) is 9.59 Å². The maximum Gasteiger partial charge on any atom is 0.309 e. The van der Waals surface area contributed by atoms with E-state index in [9.17, 15) is 24.9 Å². The Bertz CT molecular complexity index is 342. The van der Waals surface area contributed by atoms with Gasteiger partial charge in [-0.25, -0.2) is 0 Å². The first-order chi connectivity index (χ1) is 8.79. The molecular weight excluding hydrogens is 264 g/mol. The zero-order valence-corrected chi connectivity index (χ0v) is 9.79. The summed E-state index contributed by atoms with van der Waals surface area (Å²) in [6.07, 6.45) is -8.73. The first-order valence-corrected chi connectivity index (χ1v) is 5.54. The van der Waals surface area contributed by atoms with Crippen molar-refractivity contribution in [3.63, 3.8) is 0 Å². The molecule has 0 amide bonds. The predicted octanol–water partition coefficient (Wildman–Crippen LogP) is -3.00. The van der Waals surface area contributed by atoms with Gasteiger partial charge in [-0.2, -0.15) is 0 Å². The smallest absolute Gasteiger partial charge is 0.309 e. The van der Waals surface area contributed by atoms with E-state index in [0.29, 0.717) is 0 Å². The molecule has 1 saturated heterocycles. The number of carbonyl (C=O) groups is 2. The first-order valence-electron chi connectivity index (χ1n) is 5.54. The minimum Gasteiger partial charge on any atom is -0.481 e. The number of hydrogen-bond acceptors (Lipinski definition) is 7. The maximum atomic E-state index is 11.0. The molecule has 0 spiro atoms. The lowest BCUT2D eigenvalue weighted by Gasteiger charge is -2.41. The highest BCUT2D eigenvalue weighted by atomic mass is 16.5. The number of aliphatic carboxylic acids is 2. The van der Waals surface area contributed by atoms with Gasteiger partial charge in [0.1, 0.15) is 30.5 Å². The second-order valence-electron chi connectivity index (χ2n) is 4.34. The van der Waals surface area contributed by atoms with Crippen LogP contribution in [-0.2, 0) is 14.3 Å². The quantitative estimate of drug-likeness (QED) is 0.308. The first kappa shape index (κ1) is 15.8. The average molecular weight is 280 g/mol. The number of carboxylic acid groups (broad SMARTS) is 2. The number of rotatable bonds is 5. The largest absolute Gasteiger partial charge is 0.481 e. The molecule has 0 bridgehead atoms. The Kier molecular flexibility index (Phi) is 5.20. The standard InChI is InChI=1S/C10H16O9/c11-2-4-6(14)7(15)8(16)9(19-4)3(10(17)18)1-5(12)13/h3-4,6-9,11,14-16H,1-2H2,(H,12,13)(H,17,18)/t3?,4-,6+,7+,8-,9-/m1/s1. The summed E-state index contributed by atoms with van der Waals surface area (Å²) < 4.78 is 5.00. The Morgan fingerprint density at radius 1 is 1.05 bits per heavy atom. The van der Waals surface area contributed by atoms with E-state index in [4.69, 9.17) is 20.1 Å². The van der Waals surface area contributed by atoms with Crippen LogP contribution in [0.3, 0.4) is 0 Å². The summed E-state index contributed by atoms with van der Waals surface area (Å²) in [7, 11) is 0. The Balaban J connectivity index is 2.94. The van der Waals surface area contributed by atoms with Gasteiger partial charge in [0.15, 0.2) is 0 Å². The van der Waals surface area contributed by atoms with Crippen LogP contribution in [-0.4, -0.2) is 79.7 Å². The molecule has 0 aromatic rings. The van der Waals surface area contributed by atoms with Crippen molar-refractivity contribution in [3.8, 4) is 0 Å². The SMILES string of the molecule is O=C(O)CC(C(=O)O)[C@H]1O[C@H](CO)[C@H](O)[C@H](O)[C@H]1O. The number of aliphatic hydroxyl groups is 4. The summed E-state index contributed by atoms with van der Waals surface area (Å²) in [6.45, 7) is -0.707. The Morgan fingerprint density at radius 2 is 1.63 bits per heavy atom. The molecule has 6 atom stereocenters. The van der Waals surface area contributed by atoms with E-state index < -0.39 is 61.4 Å². The van der Waals surface area contributed by atoms with Gasteiger partial charge < -0.3 is 35.4 Å². The lowest BCUT2D eigenvalue weighted by molar-refractivity contribution is -0.242. The predicted molar refractivity (Wildman–Crippen MR) is 57.1 cm³/mol. The molecule has 0 aromatic heterocycles. The molecule has 1 fully saturated rings. The van der Waals surface area contributed by atoms with Crippen LogP contribution in [0.4, 0.5) is 0 Å². The van der Waals surface area contributed by atoms with Crippen molar-refractivity contribution in [3.05, 3.63) is 0 Å². The molecule has 1 aliphatic rings. The second kappa shape index (κ2) is 6.26. The highest BCUT2D eigenvalue weighted by Gasteiger charge is 2.48. The van der Waals surface area contributed by atoms with E-state index in [0.717, 1.165) is 0 Å². The van der Waals surface area contributed by atoms with Crippen LogP contribution in [0.5, 0.6) is 0 Å². The summed E-state index contributed by atoms with van der Waals surface area (Å²) in [6, 6.07) is 0. The fourth-order valence-corrected chi connectivity index (χ4v) is 2.00. The number of aliphatic hydroxyl groups excluding tert-OH is 4. The van der Waals surface area contributed by atoms with Crippen LogP contribution in [0.25, 0.3) is 0 Å².